The van der Waals surface area contributed by atoms with Crippen molar-refractivity contribution < 1.29 is 0 Å². The number of nitrogens with zero attached hydrogens (tertiary/aromatic N) is 3. The summed E-state index contributed by atoms with van der Waals surface area (Å²) in [4.78, 5) is 3.71. The van der Waals surface area contributed by atoms with E-state index in [0.29, 0.717) is 5.69 Å². The van der Waals surface area contributed by atoms with E-state index < -0.39 is 0 Å². The number of para-hydroxylation sites is 4. The van der Waals surface area contributed by atoms with E-state index >= 15 is 0 Å². The molecule has 0 aliphatic carbocycles. The molecule has 10 rings (SSSR count). The maximum atomic E-state index is 7.59. The number of hydrogen-bond acceptors (Lipinski definition) is 0. The summed E-state index contributed by atoms with van der Waals surface area (Å²) in [5.41, 5.74) is 10.1. The molecule has 2 aromatic heterocycles. The highest BCUT2D eigenvalue weighted by Crippen LogP contribution is 2.41. The zero-order valence-corrected chi connectivity index (χ0v) is 25.9. The van der Waals surface area contributed by atoms with E-state index in [4.69, 9.17) is 6.57 Å². The molecular formula is C45H27N3. The molecule has 222 valence electrons. The van der Waals surface area contributed by atoms with Crippen LogP contribution < -0.4 is 0 Å². The van der Waals surface area contributed by atoms with E-state index in [2.05, 4.69) is 166 Å². The van der Waals surface area contributed by atoms with Crippen LogP contribution in [0.25, 0.3) is 92.5 Å². The van der Waals surface area contributed by atoms with Gasteiger partial charge in [0.15, 0.2) is 5.69 Å². The molecule has 2 heterocycles. The molecule has 0 atom stereocenters. The lowest BCUT2D eigenvalue weighted by molar-refractivity contribution is 1.18. The monoisotopic (exact) mass is 609 g/mol. The fourth-order valence-electron chi connectivity index (χ4n) is 7.75. The van der Waals surface area contributed by atoms with E-state index in [0.717, 1.165) is 33.1 Å². The molecule has 0 spiro atoms. The van der Waals surface area contributed by atoms with Crippen LogP contribution in [0, 0.1) is 6.57 Å². The second-order valence-electron chi connectivity index (χ2n) is 12.5. The summed E-state index contributed by atoms with van der Waals surface area (Å²) >= 11 is 0. The molecule has 3 nitrogen and oxygen atoms in total. The van der Waals surface area contributed by atoms with Crippen LogP contribution in [0.15, 0.2) is 164 Å². The van der Waals surface area contributed by atoms with Crippen LogP contribution in [0.3, 0.4) is 0 Å². The molecule has 0 aliphatic heterocycles. The average molecular weight is 610 g/mol. The summed E-state index contributed by atoms with van der Waals surface area (Å²) in [6.07, 6.45) is 0. The fourth-order valence-corrected chi connectivity index (χ4v) is 7.75. The minimum absolute atomic E-state index is 0.658. The van der Waals surface area contributed by atoms with Gasteiger partial charge in [0.05, 0.1) is 28.6 Å². The normalized spacial score (nSPS) is 11.7. The summed E-state index contributed by atoms with van der Waals surface area (Å²) in [6, 6.07) is 58.7. The van der Waals surface area contributed by atoms with Crippen molar-refractivity contribution >= 4 is 70.8 Å². The molecule has 0 radical (unpaired) electrons. The largest absolute Gasteiger partial charge is 0.309 e. The van der Waals surface area contributed by atoms with Crippen molar-refractivity contribution in [3.63, 3.8) is 0 Å². The lowest BCUT2D eigenvalue weighted by atomic mass is 9.99. The van der Waals surface area contributed by atoms with Crippen LogP contribution in [-0.4, -0.2) is 9.13 Å². The Morgan fingerprint density at radius 3 is 1.81 bits per heavy atom. The number of rotatable bonds is 3. The highest BCUT2D eigenvalue weighted by atomic mass is 15.0. The Labute approximate surface area is 276 Å². The number of benzene rings is 8. The predicted molar refractivity (Wildman–Crippen MR) is 202 cm³/mol. The van der Waals surface area contributed by atoms with Crippen LogP contribution >= 0.6 is 0 Å². The fraction of sp³-hybridized carbons (Fsp3) is 0. The molecule has 0 saturated carbocycles. The molecule has 0 N–H and O–H groups in total. The predicted octanol–water partition coefficient (Wildman–Crippen LogP) is 12.4. The van der Waals surface area contributed by atoms with Gasteiger partial charge in [-0.15, -0.1) is 0 Å². The van der Waals surface area contributed by atoms with Gasteiger partial charge < -0.3 is 9.13 Å². The first kappa shape index (κ1) is 26.6. The lowest BCUT2D eigenvalue weighted by Crippen LogP contribution is -1.95. The first-order valence-electron chi connectivity index (χ1n) is 16.2. The highest BCUT2D eigenvalue weighted by Gasteiger charge is 2.18. The van der Waals surface area contributed by atoms with Crippen LogP contribution in [-0.2, 0) is 0 Å². The second kappa shape index (κ2) is 10.2. The molecule has 48 heavy (non-hydrogen) atoms. The summed E-state index contributed by atoms with van der Waals surface area (Å²) in [7, 11) is 0. The molecule has 10 aromatic rings. The SMILES string of the molecule is [C-]#[N+]c1ccc2ccc3ccc(-n4c5ccccc5c5cc(-c6cccc7c8ccccc8n(-c8ccccc8)c67)ccc54)cc3c2c1. The summed E-state index contributed by atoms with van der Waals surface area (Å²) in [5, 5.41) is 9.50. The van der Waals surface area contributed by atoms with Crippen molar-refractivity contribution in [3.05, 3.63) is 175 Å². The quantitative estimate of drug-likeness (QED) is 0.140. The van der Waals surface area contributed by atoms with Crippen molar-refractivity contribution in [1.82, 2.24) is 9.13 Å². The van der Waals surface area contributed by atoms with Crippen LogP contribution in [0.2, 0.25) is 0 Å². The standard InChI is InChI=1S/C45H27N3/c1-46-32-23-20-29-18-19-30-21-24-34(28-40(30)39(29)27-32)47-42-16-7-6-13-37(42)41-26-31(22-25-44(41)47)35-14-9-15-38-36-12-5-8-17-43(36)48(45(35)38)33-10-3-2-4-11-33/h2-28H. The minimum Gasteiger partial charge on any atom is -0.309 e. The van der Waals surface area contributed by atoms with Crippen molar-refractivity contribution in [2.75, 3.05) is 0 Å². The average Bonchev–Trinajstić information content (AvgIpc) is 3.67. The van der Waals surface area contributed by atoms with Gasteiger partial charge >= 0.3 is 0 Å². The van der Waals surface area contributed by atoms with Gasteiger partial charge in [-0.05, 0) is 81.7 Å². The van der Waals surface area contributed by atoms with Gasteiger partial charge in [0, 0.05) is 38.5 Å². The first-order valence-corrected chi connectivity index (χ1v) is 16.2. The maximum absolute atomic E-state index is 7.59. The summed E-state index contributed by atoms with van der Waals surface area (Å²) in [6.45, 7) is 7.59. The van der Waals surface area contributed by atoms with Crippen LogP contribution in [0.4, 0.5) is 5.69 Å². The molecule has 0 unspecified atom stereocenters. The van der Waals surface area contributed by atoms with Gasteiger partial charge in [-0.3, -0.25) is 0 Å². The Morgan fingerprint density at radius 2 is 1.02 bits per heavy atom. The lowest BCUT2D eigenvalue weighted by Gasteiger charge is -2.13. The van der Waals surface area contributed by atoms with Crippen LogP contribution in [0.5, 0.6) is 0 Å². The summed E-state index contributed by atoms with van der Waals surface area (Å²) < 4.78 is 4.79. The van der Waals surface area contributed by atoms with Crippen molar-refractivity contribution in [2.45, 2.75) is 0 Å². The third-order valence-electron chi connectivity index (χ3n) is 9.89. The van der Waals surface area contributed by atoms with E-state index in [9.17, 15) is 0 Å². The molecule has 0 aliphatic rings. The minimum atomic E-state index is 0.658. The third-order valence-corrected chi connectivity index (χ3v) is 9.89. The Bertz CT molecular complexity index is 2950. The molecule has 8 aromatic carbocycles. The highest BCUT2D eigenvalue weighted by molar-refractivity contribution is 6.16. The Hall–Kier alpha value is -6.63. The van der Waals surface area contributed by atoms with Gasteiger partial charge in [-0.2, -0.15) is 0 Å². The van der Waals surface area contributed by atoms with E-state index in [1.165, 1.54) is 54.6 Å². The van der Waals surface area contributed by atoms with Gasteiger partial charge in [0.2, 0.25) is 0 Å². The van der Waals surface area contributed by atoms with E-state index in [1.54, 1.807) is 0 Å². The smallest absolute Gasteiger partial charge is 0.187 e. The molecular weight excluding hydrogens is 583 g/mol. The zero-order valence-electron chi connectivity index (χ0n) is 25.9. The van der Waals surface area contributed by atoms with Gasteiger partial charge in [0.25, 0.3) is 0 Å². The molecule has 0 fully saturated rings. The zero-order chi connectivity index (χ0) is 31.8. The maximum Gasteiger partial charge on any atom is 0.187 e. The summed E-state index contributed by atoms with van der Waals surface area (Å²) in [5.74, 6) is 0. The first-order chi connectivity index (χ1) is 23.8. The Balaban J connectivity index is 1.24. The van der Waals surface area contributed by atoms with E-state index in [1.807, 2.05) is 12.1 Å². The molecule has 0 bridgehead atoms. The third kappa shape index (κ3) is 3.81. The Morgan fingerprint density at radius 1 is 0.396 bits per heavy atom. The second-order valence-corrected chi connectivity index (χ2v) is 12.5. The van der Waals surface area contributed by atoms with Gasteiger partial charge in [-0.25, -0.2) is 4.85 Å². The Kier molecular flexibility index (Phi) is 5.64. The topological polar surface area (TPSA) is 14.2 Å². The molecule has 3 heteroatoms. The van der Waals surface area contributed by atoms with Crippen LogP contribution in [0.1, 0.15) is 0 Å². The number of hydrogen-bond donors (Lipinski definition) is 0. The van der Waals surface area contributed by atoms with Crippen molar-refractivity contribution in [2.24, 2.45) is 0 Å². The number of fused-ring (bicyclic) bond motifs is 9. The van der Waals surface area contributed by atoms with Gasteiger partial charge in [0.1, 0.15) is 0 Å². The molecule has 0 saturated heterocycles. The van der Waals surface area contributed by atoms with E-state index in [-0.39, 0.29) is 0 Å². The van der Waals surface area contributed by atoms with Crippen molar-refractivity contribution in [1.29, 1.82) is 0 Å². The van der Waals surface area contributed by atoms with Gasteiger partial charge in [-0.1, -0.05) is 109 Å². The van der Waals surface area contributed by atoms with Crippen molar-refractivity contribution in [3.8, 4) is 22.5 Å². The molecule has 0 amide bonds. The number of aromatic nitrogens is 2.